The van der Waals surface area contributed by atoms with E-state index in [9.17, 15) is 4.79 Å². The summed E-state index contributed by atoms with van der Waals surface area (Å²) in [6.07, 6.45) is 4.97. The van der Waals surface area contributed by atoms with Crippen molar-refractivity contribution in [3.05, 3.63) is 17.5 Å². The fraction of sp³-hybridized carbons (Fsp3) is 0.667. The van der Waals surface area contributed by atoms with Gasteiger partial charge in [-0.3, -0.25) is 4.79 Å². The van der Waals surface area contributed by atoms with E-state index in [1.54, 1.807) is 11.9 Å². The van der Waals surface area contributed by atoms with Gasteiger partial charge in [0.15, 0.2) is 5.82 Å². The van der Waals surface area contributed by atoms with Gasteiger partial charge in [0.1, 0.15) is 5.82 Å². The summed E-state index contributed by atoms with van der Waals surface area (Å²) in [6, 6.07) is 0. The number of carbonyl (C=O) groups is 1. The number of aromatic nitrogens is 5. The van der Waals surface area contributed by atoms with E-state index in [0.29, 0.717) is 24.8 Å². The minimum atomic E-state index is -0.0675. The molecule has 0 radical (unpaired) electrons. The van der Waals surface area contributed by atoms with E-state index >= 15 is 0 Å². The Labute approximate surface area is 144 Å². The largest absolute Gasteiger partial charge is 0.342 e. The number of likely N-dealkylation sites (N-methyl/N-ethyl adjacent to an activating group) is 1. The quantitative estimate of drug-likeness (QED) is 0.834. The first-order valence-corrected chi connectivity index (χ1v) is 9.13. The molecule has 24 heavy (non-hydrogen) atoms. The zero-order valence-electron chi connectivity index (χ0n) is 14.0. The molecule has 0 saturated heterocycles. The summed E-state index contributed by atoms with van der Waals surface area (Å²) in [5.41, 5.74) is 0. The number of nitrogens with zero attached hydrogens (tertiary/aromatic N) is 7. The molecular weight excluding hydrogens is 326 g/mol. The molecule has 128 valence electrons. The van der Waals surface area contributed by atoms with Gasteiger partial charge >= 0.3 is 0 Å². The van der Waals surface area contributed by atoms with Crippen LogP contribution >= 0.6 is 11.5 Å². The predicted octanol–water partition coefficient (Wildman–Crippen LogP) is 1.51. The molecule has 2 aromatic heterocycles. The summed E-state index contributed by atoms with van der Waals surface area (Å²) in [6.45, 7) is 1.99. The molecule has 2 aromatic rings. The smallest absolute Gasteiger partial charge is 0.291 e. The Hall–Kier alpha value is -2.03. The highest BCUT2D eigenvalue weighted by Crippen LogP contribution is 2.34. The lowest BCUT2D eigenvalue weighted by Crippen LogP contribution is -2.38. The molecule has 3 heterocycles. The Bertz CT molecular complexity index is 749. The predicted molar refractivity (Wildman–Crippen MR) is 90.2 cm³/mol. The van der Waals surface area contributed by atoms with Crippen LogP contribution in [0.15, 0.2) is 0 Å². The summed E-state index contributed by atoms with van der Waals surface area (Å²) in [4.78, 5) is 20.5. The maximum absolute atomic E-state index is 12.1. The number of carbonyl (C=O) groups excluding carboxylic acids is 1. The first kappa shape index (κ1) is 15.5. The van der Waals surface area contributed by atoms with E-state index < -0.39 is 0 Å². The highest BCUT2D eigenvalue weighted by Gasteiger charge is 2.27. The molecule has 0 atom stereocenters. The van der Waals surface area contributed by atoms with Crippen LogP contribution in [-0.4, -0.2) is 55.6 Å². The van der Waals surface area contributed by atoms with Gasteiger partial charge in [-0.15, -0.1) is 10.2 Å². The molecule has 1 aliphatic heterocycles. The zero-order chi connectivity index (χ0) is 16.7. The molecule has 0 bridgehead atoms. The van der Waals surface area contributed by atoms with Crippen LogP contribution in [0.3, 0.4) is 0 Å². The van der Waals surface area contributed by atoms with Crippen molar-refractivity contribution < 1.29 is 4.79 Å². The monoisotopic (exact) mass is 347 g/mol. The third-order valence-corrected chi connectivity index (χ3v) is 5.73. The average Bonchev–Trinajstić information content (AvgIpc) is 3.30. The van der Waals surface area contributed by atoms with Gasteiger partial charge in [-0.2, -0.15) is 4.37 Å². The van der Waals surface area contributed by atoms with Crippen LogP contribution in [0.2, 0.25) is 0 Å². The van der Waals surface area contributed by atoms with Crippen molar-refractivity contribution in [2.45, 2.75) is 44.7 Å². The van der Waals surface area contributed by atoms with Gasteiger partial charge in [0, 0.05) is 44.6 Å². The van der Waals surface area contributed by atoms with Crippen LogP contribution in [0.5, 0.6) is 0 Å². The SMILES string of the molecule is CN1CCn2c(CN(C)c3nc(C4CCCC4)ns3)nnc2C1=O. The van der Waals surface area contributed by atoms with E-state index in [4.69, 9.17) is 4.98 Å². The second-order valence-electron chi connectivity index (χ2n) is 6.59. The highest BCUT2D eigenvalue weighted by atomic mass is 32.1. The maximum atomic E-state index is 12.1. The van der Waals surface area contributed by atoms with Crippen molar-refractivity contribution in [1.82, 2.24) is 29.0 Å². The van der Waals surface area contributed by atoms with Crippen molar-refractivity contribution in [2.75, 3.05) is 25.5 Å². The van der Waals surface area contributed by atoms with Crippen LogP contribution in [-0.2, 0) is 13.1 Å². The first-order chi connectivity index (χ1) is 11.6. The van der Waals surface area contributed by atoms with Crippen molar-refractivity contribution in [1.29, 1.82) is 0 Å². The van der Waals surface area contributed by atoms with Crippen LogP contribution < -0.4 is 4.90 Å². The Balaban J connectivity index is 1.50. The lowest BCUT2D eigenvalue weighted by molar-refractivity contribution is 0.0740. The molecule has 0 aromatic carbocycles. The molecule has 1 saturated carbocycles. The number of rotatable bonds is 4. The number of hydrogen-bond acceptors (Lipinski definition) is 7. The summed E-state index contributed by atoms with van der Waals surface area (Å²) in [5.74, 6) is 2.67. The molecule has 0 N–H and O–H groups in total. The Kier molecular flexibility index (Phi) is 3.95. The first-order valence-electron chi connectivity index (χ1n) is 8.36. The second-order valence-corrected chi connectivity index (χ2v) is 7.32. The van der Waals surface area contributed by atoms with Crippen LogP contribution in [0, 0.1) is 0 Å². The van der Waals surface area contributed by atoms with Crippen LogP contribution in [0.25, 0.3) is 0 Å². The molecule has 0 spiro atoms. The van der Waals surface area contributed by atoms with Gasteiger partial charge in [0.05, 0.1) is 6.54 Å². The highest BCUT2D eigenvalue weighted by molar-refractivity contribution is 7.09. The van der Waals surface area contributed by atoms with E-state index in [-0.39, 0.29) is 5.91 Å². The third-order valence-electron chi connectivity index (χ3n) is 4.88. The van der Waals surface area contributed by atoms with Gasteiger partial charge in [0.25, 0.3) is 5.91 Å². The summed E-state index contributed by atoms with van der Waals surface area (Å²) < 4.78 is 6.46. The molecule has 9 heteroatoms. The topological polar surface area (TPSA) is 80.0 Å². The minimum absolute atomic E-state index is 0.0675. The van der Waals surface area contributed by atoms with E-state index in [1.807, 2.05) is 16.5 Å². The summed E-state index contributed by atoms with van der Waals surface area (Å²) in [5, 5.41) is 9.17. The van der Waals surface area contributed by atoms with Crippen LogP contribution in [0.4, 0.5) is 5.13 Å². The van der Waals surface area contributed by atoms with E-state index in [0.717, 1.165) is 23.3 Å². The van der Waals surface area contributed by atoms with Gasteiger partial charge < -0.3 is 14.4 Å². The van der Waals surface area contributed by atoms with Gasteiger partial charge in [-0.1, -0.05) is 12.8 Å². The molecular formula is C15H21N7OS. The van der Waals surface area contributed by atoms with Crippen molar-refractivity contribution >= 4 is 22.6 Å². The average molecular weight is 347 g/mol. The van der Waals surface area contributed by atoms with Gasteiger partial charge in [0.2, 0.25) is 11.0 Å². The lowest BCUT2D eigenvalue weighted by Gasteiger charge is -2.24. The standard InChI is InChI=1S/C15H21N7OS/c1-20-7-8-22-11(17-18-13(22)14(20)23)9-21(2)15-16-12(19-24-15)10-5-3-4-6-10/h10H,3-9H2,1-2H3. The zero-order valence-corrected chi connectivity index (χ0v) is 14.8. The minimum Gasteiger partial charge on any atom is -0.342 e. The Morgan fingerprint density at radius 3 is 2.83 bits per heavy atom. The lowest BCUT2D eigenvalue weighted by atomic mass is 10.1. The molecule has 4 rings (SSSR count). The van der Waals surface area contributed by atoms with E-state index in [1.165, 1.54) is 37.2 Å². The van der Waals surface area contributed by atoms with Gasteiger partial charge in [-0.25, -0.2) is 4.98 Å². The molecule has 1 fully saturated rings. The molecule has 2 aliphatic rings. The van der Waals surface area contributed by atoms with Crippen molar-refractivity contribution in [3.8, 4) is 0 Å². The van der Waals surface area contributed by atoms with Crippen LogP contribution in [0.1, 0.15) is 53.9 Å². The fourth-order valence-electron chi connectivity index (χ4n) is 3.38. The van der Waals surface area contributed by atoms with E-state index in [2.05, 4.69) is 14.6 Å². The number of amides is 1. The summed E-state index contributed by atoms with van der Waals surface area (Å²) >= 11 is 1.44. The Morgan fingerprint density at radius 1 is 1.25 bits per heavy atom. The second kappa shape index (κ2) is 6.12. The molecule has 8 nitrogen and oxygen atoms in total. The molecule has 0 unspecified atom stereocenters. The summed E-state index contributed by atoms with van der Waals surface area (Å²) in [7, 11) is 3.77. The van der Waals surface area contributed by atoms with Gasteiger partial charge in [-0.05, 0) is 12.8 Å². The van der Waals surface area contributed by atoms with Crippen molar-refractivity contribution in [3.63, 3.8) is 0 Å². The number of fused-ring (bicyclic) bond motifs is 1. The maximum Gasteiger partial charge on any atom is 0.291 e. The third kappa shape index (κ3) is 2.66. The fourth-order valence-corrected chi connectivity index (χ4v) is 4.08. The number of hydrogen-bond donors (Lipinski definition) is 0. The van der Waals surface area contributed by atoms with Crippen molar-refractivity contribution in [2.24, 2.45) is 0 Å². The normalized spacial score (nSPS) is 18.2. The Morgan fingerprint density at radius 2 is 2.04 bits per heavy atom. The molecule has 1 aliphatic carbocycles. The molecule has 1 amide bonds. The number of anilines is 1.